The molecule has 30 heavy (non-hydrogen) atoms. The van der Waals surface area contributed by atoms with Crippen molar-refractivity contribution >= 4 is 5.91 Å². The number of carbonyl (C=O) groups is 1. The number of carbonyl (C=O) groups excluding carboxylic acids is 1. The summed E-state index contributed by atoms with van der Waals surface area (Å²) in [5.41, 5.74) is 1.09. The van der Waals surface area contributed by atoms with Crippen LogP contribution in [0.3, 0.4) is 0 Å². The maximum absolute atomic E-state index is 13.0. The van der Waals surface area contributed by atoms with E-state index < -0.39 is 0 Å². The smallest absolute Gasteiger partial charge is 0.248 e. The molecule has 7 nitrogen and oxygen atoms in total. The van der Waals surface area contributed by atoms with Crippen molar-refractivity contribution in [2.45, 2.75) is 45.0 Å². The predicted molar refractivity (Wildman–Crippen MR) is 110 cm³/mol. The molecule has 1 atom stereocenters. The van der Waals surface area contributed by atoms with Crippen LogP contribution >= 0.6 is 0 Å². The Morgan fingerprint density at radius 2 is 1.97 bits per heavy atom. The van der Waals surface area contributed by atoms with E-state index in [1.807, 2.05) is 15.8 Å². The van der Waals surface area contributed by atoms with E-state index in [1.165, 1.54) is 12.1 Å². The van der Waals surface area contributed by atoms with Crippen molar-refractivity contribution in [1.29, 1.82) is 0 Å². The van der Waals surface area contributed by atoms with Gasteiger partial charge in [-0.15, -0.1) is 0 Å². The van der Waals surface area contributed by atoms with E-state index in [-0.39, 0.29) is 30.5 Å². The largest absolute Gasteiger partial charge is 0.491 e. The van der Waals surface area contributed by atoms with Gasteiger partial charge in [-0.3, -0.25) is 14.4 Å². The summed E-state index contributed by atoms with van der Waals surface area (Å²) in [5.74, 6) is 0.355. The van der Waals surface area contributed by atoms with E-state index in [2.05, 4.69) is 23.0 Å². The van der Waals surface area contributed by atoms with Crippen molar-refractivity contribution in [2.75, 3.05) is 32.8 Å². The lowest BCUT2D eigenvalue weighted by Crippen LogP contribution is -2.55. The van der Waals surface area contributed by atoms with Crippen LogP contribution in [0.1, 0.15) is 25.5 Å². The van der Waals surface area contributed by atoms with Gasteiger partial charge < -0.3 is 14.4 Å². The van der Waals surface area contributed by atoms with Crippen molar-refractivity contribution in [3.05, 3.63) is 48.0 Å². The molecule has 0 N–H and O–H groups in total. The van der Waals surface area contributed by atoms with Crippen molar-refractivity contribution < 1.29 is 18.7 Å². The number of benzene rings is 1. The van der Waals surface area contributed by atoms with Gasteiger partial charge in [-0.05, 0) is 50.1 Å². The lowest BCUT2D eigenvalue weighted by atomic mass is 10.0. The van der Waals surface area contributed by atoms with Crippen LogP contribution in [0.4, 0.5) is 4.39 Å². The van der Waals surface area contributed by atoms with E-state index in [0.717, 1.165) is 44.7 Å². The third-order valence-corrected chi connectivity index (χ3v) is 5.82. The lowest BCUT2D eigenvalue weighted by molar-refractivity contribution is -0.155. The Labute approximate surface area is 176 Å². The van der Waals surface area contributed by atoms with Crippen molar-refractivity contribution in [3.8, 4) is 5.75 Å². The number of hydrogen-bond donors (Lipinski definition) is 0. The number of hydrogen-bond acceptors (Lipinski definition) is 5. The fourth-order valence-corrected chi connectivity index (χ4v) is 4.10. The monoisotopic (exact) mass is 416 g/mol. The quantitative estimate of drug-likeness (QED) is 0.693. The van der Waals surface area contributed by atoms with Crippen LogP contribution in [0.15, 0.2) is 36.5 Å². The molecule has 2 aliphatic rings. The van der Waals surface area contributed by atoms with Crippen molar-refractivity contribution in [3.63, 3.8) is 0 Å². The minimum Gasteiger partial charge on any atom is -0.491 e. The fourth-order valence-electron chi connectivity index (χ4n) is 4.10. The van der Waals surface area contributed by atoms with Crippen molar-refractivity contribution in [2.24, 2.45) is 0 Å². The van der Waals surface area contributed by atoms with Gasteiger partial charge in [0, 0.05) is 38.4 Å². The standard InChI is InChI=1S/C22H29FN4O3/c1-2-26-12-7-18(24-26)13-25-10-8-19(9-11-25)27-14-21(30-16-22(27)28)15-29-20-5-3-17(23)4-6-20/h3-7,12,19,21H,2,8-11,13-16H2,1H3. The highest BCUT2D eigenvalue weighted by atomic mass is 19.1. The van der Waals surface area contributed by atoms with Crippen LogP contribution < -0.4 is 4.74 Å². The van der Waals surface area contributed by atoms with E-state index in [4.69, 9.17) is 9.47 Å². The number of halogens is 1. The minimum atomic E-state index is -0.293. The SMILES string of the molecule is CCn1ccc(CN2CCC(N3CC(COc4ccc(F)cc4)OCC3=O)CC2)n1. The second-order valence-electron chi connectivity index (χ2n) is 7.91. The summed E-state index contributed by atoms with van der Waals surface area (Å²) in [7, 11) is 0. The molecule has 0 spiro atoms. The Kier molecular flexibility index (Phi) is 6.64. The van der Waals surface area contributed by atoms with Gasteiger partial charge in [-0.25, -0.2) is 4.39 Å². The van der Waals surface area contributed by atoms with Gasteiger partial charge in [0.05, 0.1) is 12.2 Å². The first-order valence-corrected chi connectivity index (χ1v) is 10.6. The van der Waals surface area contributed by atoms with Crippen LogP contribution in [-0.4, -0.2) is 70.5 Å². The molecular weight excluding hydrogens is 387 g/mol. The van der Waals surface area contributed by atoms with Gasteiger partial charge in [0.2, 0.25) is 5.91 Å². The Balaban J connectivity index is 1.25. The summed E-state index contributed by atoms with van der Waals surface area (Å²) in [6.45, 7) is 6.68. The second kappa shape index (κ2) is 9.57. The normalized spacial score (nSPS) is 21.2. The molecule has 1 aromatic heterocycles. The average Bonchev–Trinajstić information content (AvgIpc) is 3.22. The second-order valence-corrected chi connectivity index (χ2v) is 7.91. The molecule has 3 heterocycles. The van der Waals surface area contributed by atoms with E-state index in [0.29, 0.717) is 18.9 Å². The molecular formula is C22H29FN4O3. The number of aromatic nitrogens is 2. The highest BCUT2D eigenvalue weighted by Gasteiger charge is 2.33. The minimum absolute atomic E-state index is 0.0492. The summed E-state index contributed by atoms with van der Waals surface area (Å²) in [4.78, 5) is 16.8. The molecule has 2 aliphatic heterocycles. The van der Waals surface area contributed by atoms with Gasteiger partial charge in [-0.1, -0.05) is 0 Å². The summed E-state index contributed by atoms with van der Waals surface area (Å²) in [6.07, 6.45) is 3.74. The number of aryl methyl sites for hydroxylation is 1. The molecule has 162 valence electrons. The summed E-state index contributed by atoms with van der Waals surface area (Å²) in [5, 5.41) is 4.56. The Bertz CT molecular complexity index is 833. The van der Waals surface area contributed by atoms with Crippen LogP contribution in [0.25, 0.3) is 0 Å². The van der Waals surface area contributed by atoms with Gasteiger partial charge >= 0.3 is 0 Å². The number of piperidine rings is 1. The predicted octanol–water partition coefficient (Wildman–Crippen LogP) is 2.31. The summed E-state index contributed by atoms with van der Waals surface area (Å²) >= 11 is 0. The van der Waals surface area contributed by atoms with E-state index in [9.17, 15) is 9.18 Å². The first-order chi connectivity index (χ1) is 14.6. The maximum Gasteiger partial charge on any atom is 0.248 e. The van der Waals surface area contributed by atoms with Crippen LogP contribution in [0.5, 0.6) is 5.75 Å². The zero-order valence-electron chi connectivity index (χ0n) is 17.4. The molecule has 0 aliphatic carbocycles. The molecule has 8 heteroatoms. The van der Waals surface area contributed by atoms with E-state index in [1.54, 1.807) is 12.1 Å². The van der Waals surface area contributed by atoms with Gasteiger partial charge in [0.15, 0.2) is 0 Å². The summed E-state index contributed by atoms with van der Waals surface area (Å²) < 4.78 is 26.3. The highest BCUT2D eigenvalue weighted by Crippen LogP contribution is 2.22. The number of amides is 1. The zero-order chi connectivity index (χ0) is 20.9. The molecule has 1 amide bonds. The lowest BCUT2D eigenvalue weighted by Gasteiger charge is -2.42. The third kappa shape index (κ3) is 5.17. The zero-order valence-corrected chi connectivity index (χ0v) is 17.4. The third-order valence-electron chi connectivity index (χ3n) is 5.82. The van der Waals surface area contributed by atoms with Crippen molar-refractivity contribution in [1.82, 2.24) is 19.6 Å². The average molecular weight is 416 g/mol. The molecule has 4 rings (SSSR count). The molecule has 1 unspecified atom stereocenters. The number of ether oxygens (including phenoxy) is 2. The number of morpholine rings is 1. The first kappa shape index (κ1) is 20.8. The van der Waals surface area contributed by atoms with Crippen LogP contribution in [-0.2, 0) is 22.6 Å². The number of rotatable bonds is 7. The molecule has 0 bridgehead atoms. The molecule has 0 radical (unpaired) electrons. The number of nitrogens with zero attached hydrogens (tertiary/aromatic N) is 4. The molecule has 0 saturated carbocycles. The number of likely N-dealkylation sites (tertiary alicyclic amines) is 1. The Morgan fingerprint density at radius 1 is 1.20 bits per heavy atom. The van der Waals surface area contributed by atoms with Crippen LogP contribution in [0, 0.1) is 5.82 Å². The Hall–Kier alpha value is -2.45. The maximum atomic E-state index is 13.0. The summed E-state index contributed by atoms with van der Waals surface area (Å²) in [6, 6.07) is 8.24. The first-order valence-electron chi connectivity index (χ1n) is 10.6. The molecule has 2 aromatic rings. The Morgan fingerprint density at radius 3 is 2.67 bits per heavy atom. The topological polar surface area (TPSA) is 59.8 Å². The van der Waals surface area contributed by atoms with Gasteiger partial charge in [0.25, 0.3) is 0 Å². The van der Waals surface area contributed by atoms with Crippen LogP contribution in [0.2, 0.25) is 0 Å². The van der Waals surface area contributed by atoms with Gasteiger partial charge in [0.1, 0.15) is 30.9 Å². The molecule has 2 saturated heterocycles. The van der Waals surface area contributed by atoms with E-state index >= 15 is 0 Å². The fraction of sp³-hybridized carbons (Fsp3) is 0.545. The highest BCUT2D eigenvalue weighted by molar-refractivity contribution is 5.78. The molecule has 2 fully saturated rings. The molecule has 1 aromatic carbocycles. The van der Waals surface area contributed by atoms with Gasteiger partial charge in [-0.2, -0.15) is 5.10 Å².